The Morgan fingerprint density at radius 1 is 1.00 bits per heavy atom. The molecule has 3 rings (SSSR count). The zero-order valence-corrected chi connectivity index (χ0v) is 16.7. The number of hydrogen-bond acceptors (Lipinski definition) is 5. The molecule has 0 spiro atoms. The number of benzene rings is 2. The van der Waals surface area contributed by atoms with Crippen LogP contribution in [0, 0.1) is 0 Å². The number of thiazole rings is 1. The van der Waals surface area contributed by atoms with E-state index < -0.39 is 0 Å². The number of aromatic nitrogens is 1. The highest BCUT2D eigenvalue weighted by Gasteiger charge is 2.13. The van der Waals surface area contributed by atoms with Crippen molar-refractivity contribution >= 4 is 28.3 Å². The van der Waals surface area contributed by atoms with Gasteiger partial charge in [0.05, 0.1) is 12.8 Å². The third kappa shape index (κ3) is 4.55. The molecule has 28 heavy (non-hydrogen) atoms. The first-order valence-electron chi connectivity index (χ1n) is 8.79. The summed E-state index contributed by atoms with van der Waals surface area (Å²) in [6, 6.07) is 14.2. The number of nitrogens with zero attached hydrogens (tertiary/aromatic N) is 1. The molecule has 2 aromatic carbocycles. The number of rotatable bonds is 6. The Balaban J connectivity index is 1.70. The Morgan fingerprint density at radius 2 is 1.64 bits per heavy atom. The van der Waals surface area contributed by atoms with Crippen LogP contribution in [0.3, 0.4) is 0 Å². The molecule has 0 fully saturated rings. The smallest absolute Gasteiger partial charge is 0.257 e. The molecule has 3 aromatic rings. The molecule has 1 heterocycles. The SMILES string of the molecule is COc1ccccc1-c1csc(NC(=O)c2ccc(C(=O)NC(C)C)cc2)n1. The van der Waals surface area contributed by atoms with Crippen molar-refractivity contribution in [3.8, 4) is 17.0 Å². The Hall–Kier alpha value is -3.19. The van der Waals surface area contributed by atoms with E-state index in [4.69, 9.17) is 4.74 Å². The molecule has 1 aromatic heterocycles. The number of para-hydroxylation sites is 1. The van der Waals surface area contributed by atoms with Gasteiger partial charge in [0.25, 0.3) is 11.8 Å². The largest absolute Gasteiger partial charge is 0.496 e. The third-order valence-electron chi connectivity index (χ3n) is 3.94. The summed E-state index contributed by atoms with van der Waals surface area (Å²) in [5, 5.41) is 7.97. The van der Waals surface area contributed by atoms with Crippen LogP contribution in [0.25, 0.3) is 11.3 Å². The molecule has 0 bridgehead atoms. The summed E-state index contributed by atoms with van der Waals surface area (Å²) in [7, 11) is 1.61. The zero-order chi connectivity index (χ0) is 20.1. The van der Waals surface area contributed by atoms with E-state index >= 15 is 0 Å². The quantitative estimate of drug-likeness (QED) is 0.655. The van der Waals surface area contributed by atoms with Gasteiger partial charge in [0.15, 0.2) is 5.13 Å². The van der Waals surface area contributed by atoms with Gasteiger partial charge in [-0.05, 0) is 50.2 Å². The third-order valence-corrected chi connectivity index (χ3v) is 4.69. The molecule has 2 N–H and O–H groups in total. The lowest BCUT2D eigenvalue weighted by Gasteiger charge is -2.08. The minimum Gasteiger partial charge on any atom is -0.496 e. The highest BCUT2D eigenvalue weighted by Crippen LogP contribution is 2.31. The zero-order valence-electron chi connectivity index (χ0n) is 15.9. The minimum atomic E-state index is -0.281. The molecule has 0 aliphatic carbocycles. The van der Waals surface area contributed by atoms with Crippen LogP contribution >= 0.6 is 11.3 Å². The van der Waals surface area contributed by atoms with E-state index in [0.717, 1.165) is 17.0 Å². The van der Waals surface area contributed by atoms with Crippen LogP contribution in [-0.4, -0.2) is 29.9 Å². The van der Waals surface area contributed by atoms with Gasteiger partial charge < -0.3 is 10.1 Å². The van der Waals surface area contributed by atoms with Crippen molar-refractivity contribution in [2.75, 3.05) is 12.4 Å². The molecular formula is C21H21N3O3S. The monoisotopic (exact) mass is 395 g/mol. The van der Waals surface area contributed by atoms with E-state index in [0.29, 0.717) is 16.3 Å². The molecule has 0 saturated carbocycles. The summed E-state index contributed by atoms with van der Waals surface area (Å²) in [5.41, 5.74) is 2.56. The number of carbonyl (C=O) groups is 2. The fraction of sp³-hybridized carbons (Fsp3) is 0.190. The fourth-order valence-corrected chi connectivity index (χ4v) is 3.30. The molecular weight excluding hydrogens is 374 g/mol. The summed E-state index contributed by atoms with van der Waals surface area (Å²) < 4.78 is 5.36. The summed E-state index contributed by atoms with van der Waals surface area (Å²) in [6.45, 7) is 3.79. The van der Waals surface area contributed by atoms with Gasteiger partial charge in [0, 0.05) is 28.1 Å². The maximum Gasteiger partial charge on any atom is 0.257 e. The summed E-state index contributed by atoms with van der Waals surface area (Å²) in [5.74, 6) is 0.279. The number of nitrogens with one attached hydrogen (secondary N) is 2. The summed E-state index contributed by atoms with van der Waals surface area (Å²) >= 11 is 1.34. The standard InChI is InChI=1S/C21H21N3O3S/c1-13(2)22-19(25)14-8-10-15(11-9-14)20(26)24-21-23-17(12-28-21)16-6-4-5-7-18(16)27-3/h4-13H,1-3H3,(H,22,25)(H,23,24,26). The lowest BCUT2D eigenvalue weighted by molar-refractivity contribution is 0.0941. The van der Waals surface area contributed by atoms with Crippen molar-refractivity contribution in [3.63, 3.8) is 0 Å². The van der Waals surface area contributed by atoms with Crippen LogP contribution in [0.4, 0.5) is 5.13 Å². The summed E-state index contributed by atoms with van der Waals surface area (Å²) in [6.07, 6.45) is 0. The predicted octanol–water partition coefficient (Wildman–Crippen LogP) is 4.21. The van der Waals surface area contributed by atoms with Crippen LogP contribution in [0.15, 0.2) is 53.9 Å². The molecule has 7 heteroatoms. The first kappa shape index (κ1) is 19.6. The second kappa shape index (κ2) is 8.67. The Labute approximate surface area is 167 Å². The molecule has 2 amide bonds. The number of amides is 2. The maximum absolute atomic E-state index is 12.5. The Bertz CT molecular complexity index is 981. The van der Waals surface area contributed by atoms with E-state index in [1.54, 1.807) is 31.4 Å². The minimum absolute atomic E-state index is 0.0535. The lowest BCUT2D eigenvalue weighted by Crippen LogP contribution is -2.30. The Morgan fingerprint density at radius 3 is 2.29 bits per heavy atom. The lowest BCUT2D eigenvalue weighted by atomic mass is 10.1. The van der Waals surface area contributed by atoms with Crippen molar-refractivity contribution in [2.24, 2.45) is 0 Å². The van der Waals surface area contributed by atoms with Crippen molar-refractivity contribution < 1.29 is 14.3 Å². The Kier molecular flexibility index (Phi) is 6.06. The van der Waals surface area contributed by atoms with Gasteiger partial charge in [-0.1, -0.05) is 12.1 Å². The van der Waals surface area contributed by atoms with Crippen LogP contribution in [0.5, 0.6) is 5.75 Å². The van der Waals surface area contributed by atoms with E-state index in [1.807, 2.05) is 43.5 Å². The fourth-order valence-electron chi connectivity index (χ4n) is 2.60. The molecule has 6 nitrogen and oxygen atoms in total. The van der Waals surface area contributed by atoms with Crippen LogP contribution in [0.2, 0.25) is 0 Å². The molecule has 0 unspecified atom stereocenters. The topological polar surface area (TPSA) is 80.3 Å². The van der Waals surface area contributed by atoms with Crippen LogP contribution < -0.4 is 15.4 Å². The van der Waals surface area contributed by atoms with Crippen molar-refractivity contribution in [1.82, 2.24) is 10.3 Å². The highest BCUT2D eigenvalue weighted by atomic mass is 32.1. The second-order valence-electron chi connectivity index (χ2n) is 6.40. The van der Waals surface area contributed by atoms with Crippen LogP contribution in [0.1, 0.15) is 34.6 Å². The second-order valence-corrected chi connectivity index (χ2v) is 7.26. The first-order chi connectivity index (χ1) is 13.5. The van der Waals surface area contributed by atoms with E-state index in [1.165, 1.54) is 11.3 Å². The van der Waals surface area contributed by atoms with Crippen molar-refractivity contribution in [2.45, 2.75) is 19.9 Å². The number of ether oxygens (including phenoxy) is 1. The molecule has 0 aliphatic rings. The van der Waals surface area contributed by atoms with Gasteiger partial charge in [-0.2, -0.15) is 0 Å². The molecule has 0 aliphatic heterocycles. The number of carbonyl (C=O) groups excluding carboxylic acids is 2. The number of anilines is 1. The van der Waals surface area contributed by atoms with E-state index in [-0.39, 0.29) is 17.9 Å². The number of methoxy groups -OCH3 is 1. The molecule has 0 saturated heterocycles. The van der Waals surface area contributed by atoms with Crippen LogP contribution in [-0.2, 0) is 0 Å². The highest BCUT2D eigenvalue weighted by molar-refractivity contribution is 7.14. The van der Waals surface area contributed by atoms with E-state index in [9.17, 15) is 9.59 Å². The first-order valence-corrected chi connectivity index (χ1v) is 9.67. The van der Waals surface area contributed by atoms with Gasteiger partial charge in [0.2, 0.25) is 0 Å². The number of hydrogen-bond donors (Lipinski definition) is 2. The van der Waals surface area contributed by atoms with Gasteiger partial charge >= 0.3 is 0 Å². The average molecular weight is 395 g/mol. The van der Waals surface area contributed by atoms with Gasteiger partial charge in [-0.25, -0.2) is 4.98 Å². The summed E-state index contributed by atoms with van der Waals surface area (Å²) in [4.78, 5) is 28.9. The van der Waals surface area contributed by atoms with Crippen molar-refractivity contribution in [3.05, 3.63) is 65.0 Å². The molecule has 144 valence electrons. The predicted molar refractivity (Wildman–Crippen MR) is 111 cm³/mol. The van der Waals surface area contributed by atoms with Crippen molar-refractivity contribution in [1.29, 1.82) is 0 Å². The van der Waals surface area contributed by atoms with Gasteiger partial charge in [-0.3, -0.25) is 14.9 Å². The maximum atomic E-state index is 12.5. The van der Waals surface area contributed by atoms with Gasteiger partial charge in [-0.15, -0.1) is 11.3 Å². The van der Waals surface area contributed by atoms with E-state index in [2.05, 4.69) is 15.6 Å². The van der Waals surface area contributed by atoms with Gasteiger partial charge in [0.1, 0.15) is 5.75 Å². The normalized spacial score (nSPS) is 10.6. The molecule has 0 radical (unpaired) electrons. The molecule has 0 atom stereocenters. The average Bonchev–Trinajstić information content (AvgIpc) is 3.15.